The minimum atomic E-state index is -3.77. The number of fused-ring (bicyclic) bond motifs is 2. The van der Waals surface area contributed by atoms with Crippen molar-refractivity contribution in [1.29, 1.82) is 0 Å². The molecule has 1 heterocycles. The number of benzene rings is 3. The molecule has 1 aliphatic rings. The molecule has 6 nitrogen and oxygen atoms in total. The molecule has 0 aliphatic carbocycles. The van der Waals surface area contributed by atoms with E-state index in [0.29, 0.717) is 22.9 Å². The van der Waals surface area contributed by atoms with Crippen molar-refractivity contribution in [2.75, 3.05) is 16.7 Å². The Bertz CT molecular complexity index is 1190. The molecule has 29 heavy (non-hydrogen) atoms. The van der Waals surface area contributed by atoms with Crippen LogP contribution in [0.5, 0.6) is 11.5 Å². The lowest BCUT2D eigenvalue weighted by atomic mass is 10.1. The Hall–Kier alpha value is -3.32. The number of ether oxygens (including phenoxy) is 1. The van der Waals surface area contributed by atoms with Gasteiger partial charge in [-0.25, -0.2) is 8.42 Å². The molecule has 0 bridgehead atoms. The molecule has 1 N–H and O–H groups in total. The predicted molar refractivity (Wildman–Crippen MR) is 112 cm³/mol. The van der Waals surface area contributed by atoms with E-state index in [1.54, 1.807) is 55.6 Å². The van der Waals surface area contributed by atoms with Crippen LogP contribution >= 0.6 is 0 Å². The van der Waals surface area contributed by atoms with Crippen molar-refractivity contribution < 1.29 is 17.9 Å². The zero-order chi connectivity index (χ0) is 20.6. The van der Waals surface area contributed by atoms with E-state index in [1.807, 2.05) is 19.1 Å². The van der Waals surface area contributed by atoms with Gasteiger partial charge in [-0.3, -0.25) is 9.52 Å². The molecule has 4 rings (SSSR count). The van der Waals surface area contributed by atoms with Gasteiger partial charge in [0.25, 0.3) is 15.9 Å². The average Bonchev–Trinajstić information content (AvgIpc) is 2.83. The standard InChI is InChI=1S/C22H20N2O4S/c1-3-15-8-11-17(12-9-15)29(26,27)23-16-10-13-20-18(14-16)22(25)24(2)19-6-4-5-7-21(19)28-20/h4-14,23H,3H2,1-2H3. The molecule has 0 aromatic heterocycles. The molecule has 3 aromatic carbocycles. The van der Waals surface area contributed by atoms with E-state index in [-0.39, 0.29) is 16.4 Å². The predicted octanol–water partition coefficient (Wildman–Crippen LogP) is 4.43. The number of carbonyl (C=O) groups is 1. The highest BCUT2D eigenvalue weighted by atomic mass is 32.2. The fourth-order valence-corrected chi connectivity index (χ4v) is 4.25. The maximum atomic E-state index is 12.9. The fraction of sp³-hybridized carbons (Fsp3) is 0.136. The molecular weight excluding hydrogens is 388 g/mol. The smallest absolute Gasteiger partial charge is 0.261 e. The number of amides is 1. The molecular formula is C22H20N2O4S. The summed E-state index contributed by atoms with van der Waals surface area (Å²) in [5.74, 6) is 0.659. The van der Waals surface area contributed by atoms with E-state index in [4.69, 9.17) is 4.74 Å². The normalized spacial score (nSPS) is 13.2. The van der Waals surface area contributed by atoms with Gasteiger partial charge in [-0.1, -0.05) is 31.2 Å². The molecule has 7 heteroatoms. The zero-order valence-electron chi connectivity index (χ0n) is 16.0. The number of carbonyl (C=O) groups excluding carboxylic acids is 1. The van der Waals surface area contributed by atoms with Crippen LogP contribution in [0.1, 0.15) is 22.8 Å². The molecule has 0 spiro atoms. The average molecular weight is 408 g/mol. The fourth-order valence-electron chi connectivity index (χ4n) is 3.20. The number of aryl methyl sites for hydroxylation is 1. The van der Waals surface area contributed by atoms with Crippen molar-refractivity contribution in [2.24, 2.45) is 0 Å². The van der Waals surface area contributed by atoms with Gasteiger partial charge in [0, 0.05) is 12.7 Å². The third-order valence-corrected chi connectivity index (χ3v) is 6.25. The number of nitrogens with zero attached hydrogens (tertiary/aromatic N) is 1. The first-order chi connectivity index (χ1) is 13.9. The number of hydrogen-bond donors (Lipinski definition) is 1. The van der Waals surface area contributed by atoms with E-state index in [2.05, 4.69) is 4.72 Å². The summed E-state index contributed by atoms with van der Waals surface area (Å²) in [6.45, 7) is 2.01. The summed E-state index contributed by atoms with van der Waals surface area (Å²) in [7, 11) is -2.12. The SMILES string of the molecule is CCc1ccc(S(=O)(=O)Nc2ccc3c(c2)C(=O)N(C)c2ccccc2O3)cc1. The molecule has 0 unspecified atom stereocenters. The van der Waals surface area contributed by atoms with Crippen LogP contribution in [0.3, 0.4) is 0 Å². The van der Waals surface area contributed by atoms with Crippen molar-refractivity contribution in [3.8, 4) is 11.5 Å². The number of sulfonamides is 1. The molecule has 148 valence electrons. The lowest BCUT2D eigenvalue weighted by molar-refractivity contribution is 0.0993. The summed E-state index contributed by atoms with van der Waals surface area (Å²) in [6.07, 6.45) is 0.830. The van der Waals surface area contributed by atoms with Gasteiger partial charge in [0.15, 0.2) is 5.75 Å². The Morgan fingerprint density at radius 2 is 1.69 bits per heavy atom. The molecule has 0 saturated heterocycles. The monoisotopic (exact) mass is 408 g/mol. The van der Waals surface area contributed by atoms with Crippen molar-refractivity contribution in [3.63, 3.8) is 0 Å². The van der Waals surface area contributed by atoms with Crippen LogP contribution in [-0.2, 0) is 16.4 Å². The molecule has 3 aromatic rings. The van der Waals surface area contributed by atoms with Crippen LogP contribution in [0.2, 0.25) is 0 Å². The minimum absolute atomic E-state index is 0.164. The second-order valence-corrected chi connectivity index (χ2v) is 8.43. The quantitative estimate of drug-likeness (QED) is 0.693. The first-order valence-electron chi connectivity index (χ1n) is 9.20. The Labute approximate surface area is 169 Å². The summed E-state index contributed by atoms with van der Waals surface area (Å²) in [6, 6.07) is 18.6. The second kappa shape index (κ2) is 7.25. The number of nitrogens with one attached hydrogen (secondary N) is 1. The van der Waals surface area contributed by atoms with Crippen molar-refractivity contribution in [2.45, 2.75) is 18.2 Å². The number of para-hydroxylation sites is 2. The topological polar surface area (TPSA) is 75.7 Å². The molecule has 0 radical (unpaired) electrons. The van der Waals surface area contributed by atoms with Crippen LogP contribution in [0.25, 0.3) is 0 Å². The van der Waals surface area contributed by atoms with Crippen LogP contribution < -0.4 is 14.4 Å². The van der Waals surface area contributed by atoms with Gasteiger partial charge in [-0.2, -0.15) is 0 Å². The Morgan fingerprint density at radius 1 is 0.966 bits per heavy atom. The van der Waals surface area contributed by atoms with Gasteiger partial charge in [0.1, 0.15) is 5.75 Å². The first-order valence-corrected chi connectivity index (χ1v) is 10.7. The summed E-state index contributed by atoms with van der Waals surface area (Å²) in [5, 5.41) is 0. The zero-order valence-corrected chi connectivity index (χ0v) is 16.9. The van der Waals surface area contributed by atoms with Crippen molar-refractivity contribution in [1.82, 2.24) is 0 Å². The third kappa shape index (κ3) is 3.56. The van der Waals surface area contributed by atoms with E-state index < -0.39 is 10.0 Å². The van der Waals surface area contributed by atoms with Gasteiger partial charge in [-0.15, -0.1) is 0 Å². The Morgan fingerprint density at radius 3 is 2.41 bits per heavy atom. The highest BCUT2D eigenvalue weighted by Crippen LogP contribution is 2.39. The summed E-state index contributed by atoms with van der Waals surface area (Å²) in [5.41, 5.74) is 2.27. The molecule has 1 aliphatic heterocycles. The van der Waals surface area contributed by atoms with Gasteiger partial charge >= 0.3 is 0 Å². The van der Waals surface area contributed by atoms with Crippen LogP contribution in [-0.4, -0.2) is 21.4 Å². The van der Waals surface area contributed by atoms with Crippen LogP contribution in [0.15, 0.2) is 71.6 Å². The molecule has 0 saturated carbocycles. The van der Waals surface area contributed by atoms with Gasteiger partial charge < -0.3 is 9.64 Å². The van der Waals surface area contributed by atoms with Gasteiger partial charge in [-0.05, 0) is 54.4 Å². The summed E-state index contributed by atoms with van der Waals surface area (Å²) >= 11 is 0. The molecule has 0 atom stereocenters. The van der Waals surface area contributed by atoms with E-state index in [9.17, 15) is 13.2 Å². The third-order valence-electron chi connectivity index (χ3n) is 4.86. The summed E-state index contributed by atoms with van der Waals surface area (Å²) in [4.78, 5) is 14.6. The van der Waals surface area contributed by atoms with E-state index >= 15 is 0 Å². The van der Waals surface area contributed by atoms with Crippen molar-refractivity contribution >= 4 is 27.3 Å². The summed E-state index contributed by atoms with van der Waals surface area (Å²) < 4.78 is 33.9. The Balaban J connectivity index is 1.67. The van der Waals surface area contributed by atoms with Crippen molar-refractivity contribution in [3.05, 3.63) is 77.9 Å². The largest absolute Gasteiger partial charge is 0.454 e. The maximum Gasteiger partial charge on any atom is 0.261 e. The number of anilines is 2. The number of hydrogen-bond acceptors (Lipinski definition) is 4. The molecule has 0 fully saturated rings. The van der Waals surface area contributed by atoms with Crippen LogP contribution in [0.4, 0.5) is 11.4 Å². The van der Waals surface area contributed by atoms with Gasteiger partial charge in [0.05, 0.1) is 16.1 Å². The van der Waals surface area contributed by atoms with E-state index in [1.165, 1.54) is 11.0 Å². The van der Waals surface area contributed by atoms with Crippen LogP contribution in [0, 0.1) is 0 Å². The lowest BCUT2D eigenvalue weighted by Crippen LogP contribution is -2.25. The second-order valence-electron chi connectivity index (χ2n) is 6.75. The highest BCUT2D eigenvalue weighted by molar-refractivity contribution is 7.92. The van der Waals surface area contributed by atoms with Gasteiger partial charge in [0.2, 0.25) is 0 Å². The molecule has 1 amide bonds. The minimum Gasteiger partial charge on any atom is -0.454 e. The highest BCUT2D eigenvalue weighted by Gasteiger charge is 2.26. The Kier molecular flexibility index (Phi) is 4.76. The first kappa shape index (κ1) is 19.0. The lowest BCUT2D eigenvalue weighted by Gasteiger charge is -2.16. The number of rotatable bonds is 4. The van der Waals surface area contributed by atoms with E-state index in [0.717, 1.165) is 12.0 Å². The maximum absolute atomic E-state index is 12.9.